The first-order valence-electron chi connectivity index (χ1n) is 9.11. The maximum absolute atomic E-state index is 12.4. The van der Waals surface area contributed by atoms with Crippen LogP contribution in [0.4, 0.5) is 5.69 Å². The Morgan fingerprint density at radius 1 is 1.14 bits per heavy atom. The summed E-state index contributed by atoms with van der Waals surface area (Å²) in [5.74, 6) is -0.839. The number of aromatic nitrogens is 1. The van der Waals surface area contributed by atoms with Crippen LogP contribution in [0.2, 0.25) is 0 Å². The number of aromatic hydroxyl groups is 1. The Balaban J connectivity index is 2.02. The van der Waals surface area contributed by atoms with Gasteiger partial charge in [-0.3, -0.25) is 0 Å². The van der Waals surface area contributed by atoms with E-state index in [1.807, 2.05) is 37.3 Å². The molecule has 1 heterocycles. The van der Waals surface area contributed by atoms with E-state index in [1.54, 1.807) is 38.1 Å². The van der Waals surface area contributed by atoms with E-state index in [4.69, 9.17) is 9.15 Å². The number of aryl methyl sites for hydroxylation is 1. The van der Waals surface area contributed by atoms with Gasteiger partial charge in [-0.05, 0) is 45.0 Å². The molecule has 0 saturated heterocycles. The highest BCUT2D eigenvalue weighted by Gasteiger charge is 2.22. The number of nitrogens with zero attached hydrogens (tertiary/aromatic N) is 3. The van der Waals surface area contributed by atoms with Gasteiger partial charge in [-0.15, -0.1) is 5.11 Å². The Morgan fingerprint density at radius 3 is 2.48 bits per heavy atom. The number of carbonyl (C=O) groups is 1. The quantitative estimate of drug-likeness (QED) is 0.343. The van der Waals surface area contributed by atoms with Crippen molar-refractivity contribution in [3.05, 3.63) is 71.6 Å². The number of carbonyl (C=O) groups excluding carboxylic acids is 1. The van der Waals surface area contributed by atoms with Crippen molar-refractivity contribution in [3.8, 4) is 17.4 Å². The van der Waals surface area contributed by atoms with E-state index in [-0.39, 0.29) is 23.9 Å². The molecule has 0 saturated carbocycles. The van der Waals surface area contributed by atoms with Crippen LogP contribution in [0.3, 0.4) is 0 Å². The van der Waals surface area contributed by atoms with E-state index >= 15 is 0 Å². The summed E-state index contributed by atoms with van der Waals surface area (Å²) in [6, 6.07) is 16.5. The van der Waals surface area contributed by atoms with Gasteiger partial charge in [-0.1, -0.05) is 35.9 Å². The zero-order chi connectivity index (χ0) is 20.8. The van der Waals surface area contributed by atoms with Crippen molar-refractivity contribution in [1.29, 1.82) is 0 Å². The lowest BCUT2D eigenvalue weighted by molar-refractivity contribution is -0.138. The number of esters is 1. The van der Waals surface area contributed by atoms with Gasteiger partial charge in [0.05, 0.1) is 12.3 Å². The van der Waals surface area contributed by atoms with Crippen LogP contribution in [0.5, 0.6) is 5.95 Å². The highest BCUT2D eigenvalue weighted by Crippen LogP contribution is 2.33. The van der Waals surface area contributed by atoms with E-state index in [1.165, 1.54) is 0 Å². The fraction of sp³-hybridized carbons (Fsp3) is 0.182. The summed E-state index contributed by atoms with van der Waals surface area (Å²) in [6.07, 6.45) is 0. The van der Waals surface area contributed by atoms with Gasteiger partial charge in [0.2, 0.25) is 5.89 Å². The molecule has 0 amide bonds. The van der Waals surface area contributed by atoms with Crippen LogP contribution < -0.4 is 0 Å². The SMILES string of the molecule is CCOC(=O)/C(N=Nc1ccc(C)cc1)=C(\C)c1nc(-c2ccccc2)oc1O. The monoisotopic (exact) mass is 391 g/mol. The molecule has 0 aliphatic rings. The van der Waals surface area contributed by atoms with Crippen LogP contribution in [0, 0.1) is 6.92 Å². The third kappa shape index (κ3) is 4.76. The van der Waals surface area contributed by atoms with Crippen LogP contribution in [-0.4, -0.2) is 22.7 Å². The van der Waals surface area contributed by atoms with Gasteiger partial charge in [0.25, 0.3) is 0 Å². The molecule has 0 aliphatic heterocycles. The average Bonchev–Trinajstić information content (AvgIpc) is 3.12. The van der Waals surface area contributed by atoms with E-state index in [9.17, 15) is 9.90 Å². The predicted octanol–water partition coefficient (Wildman–Crippen LogP) is 5.43. The lowest BCUT2D eigenvalue weighted by Crippen LogP contribution is -2.07. The first-order valence-corrected chi connectivity index (χ1v) is 9.11. The summed E-state index contributed by atoms with van der Waals surface area (Å²) in [7, 11) is 0. The molecule has 2 aromatic carbocycles. The van der Waals surface area contributed by atoms with Crippen molar-refractivity contribution in [3.63, 3.8) is 0 Å². The topological polar surface area (TPSA) is 97.3 Å². The van der Waals surface area contributed by atoms with Crippen molar-refractivity contribution in [1.82, 2.24) is 4.98 Å². The predicted molar refractivity (Wildman–Crippen MR) is 109 cm³/mol. The van der Waals surface area contributed by atoms with Gasteiger partial charge in [-0.25, -0.2) is 9.78 Å². The molecule has 0 unspecified atom stereocenters. The number of oxazole rings is 1. The molecule has 0 bridgehead atoms. The fourth-order valence-corrected chi connectivity index (χ4v) is 2.56. The molecule has 0 radical (unpaired) electrons. The Kier molecular flexibility index (Phi) is 6.19. The number of allylic oxidation sites excluding steroid dienone is 1. The van der Waals surface area contributed by atoms with Crippen LogP contribution in [-0.2, 0) is 9.53 Å². The standard InChI is InChI=1S/C22H21N3O4/c1-4-28-21(26)19(25-24-17-12-10-14(2)11-13-17)15(3)18-22(27)29-20(23-18)16-8-6-5-7-9-16/h5-13,27H,4H2,1-3H3/b19-15-,25-24?. The van der Waals surface area contributed by atoms with Gasteiger partial charge >= 0.3 is 11.9 Å². The highest BCUT2D eigenvalue weighted by molar-refractivity contribution is 5.97. The van der Waals surface area contributed by atoms with Crippen molar-refractivity contribution in [2.75, 3.05) is 6.61 Å². The second-order valence-electron chi connectivity index (χ2n) is 6.27. The number of rotatable bonds is 6. The normalized spacial score (nSPS) is 12.1. The van der Waals surface area contributed by atoms with Crippen molar-refractivity contribution in [2.45, 2.75) is 20.8 Å². The maximum atomic E-state index is 12.4. The number of hydrogen-bond acceptors (Lipinski definition) is 7. The minimum atomic E-state index is -0.662. The zero-order valence-electron chi connectivity index (χ0n) is 16.4. The Labute approximate surface area is 168 Å². The van der Waals surface area contributed by atoms with Gasteiger partial charge in [-0.2, -0.15) is 5.11 Å². The van der Waals surface area contributed by atoms with Gasteiger partial charge in [0.15, 0.2) is 11.4 Å². The zero-order valence-corrected chi connectivity index (χ0v) is 16.4. The molecule has 1 N–H and O–H groups in total. The number of hydrogen-bond donors (Lipinski definition) is 1. The van der Waals surface area contributed by atoms with E-state index < -0.39 is 11.9 Å². The molecular weight excluding hydrogens is 370 g/mol. The molecule has 1 aromatic heterocycles. The smallest absolute Gasteiger partial charge is 0.359 e. The molecule has 148 valence electrons. The third-order valence-electron chi connectivity index (χ3n) is 4.11. The van der Waals surface area contributed by atoms with Crippen molar-refractivity contribution < 1.29 is 19.1 Å². The molecule has 0 fully saturated rings. The average molecular weight is 391 g/mol. The lowest BCUT2D eigenvalue weighted by atomic mass is 10.1. The van der Waals surface area contributed by atoms with Gasteiger partial charge < -0.3 is 14.3 Å². The van der Waals surface area contributed by atoms with Gasteiger partial charge in [0.1, 0.15) is 0 Å². The summed E-state index contributed by atoms with van der Waals surface area (Å²) in [4.78, 5) is 16.8. The molecule has 0 atom stereocenters. The summed E-state index contributed by atoms with van der Waals surface area (Å²) in [6.45, 7) is 5.44. The van der Waals surface area contributed by atoms with E-state index in [0.717, 1.165) is 5.56 Å². The molecule has 0 spiro atoms. The first-order chi connectivity index (χ1) is 14.0. The largest absolute Gasteiger partial charge is 0.479 e. The van der Waals surface area contributed by atoms with Crippen molar-refractivity contribution in [2.24, 2.45) is 10.2 Å². The van der Waals surface area contributed by atoms with E-state index in [2.05, 4.69) is 15.2 Å². The van der Waals surface area contributed by atoms with Crippen LogP contribution in [0.1, 0.15) is 25.1 Å². The molecule has 7 nitrogen and oxygen atoms in total. The summed E-state index contributed by atoms with van der Waals surface area (Å²) < 4.78 is 10.5. The summed E-state index contributed by atoms with van der Waals surface area (Å²) >= 11 is 0. The molecular formula is C22H21N3O4. The second-order valence-corrected chi connectivity index (χ2v) is 6.27. The summed E-state index contributed by atoms with van der Waals surface area (Å²) in [5, 5.41) is 18.4. The lowest BCUT2D eigenvalue weighted by Gasteiger charge is -2.05. The Bertz CT molecular complexity index is 1050. The summed E-state index contributed by atoms with van der Waals surface area (Å²) in [5.41, 5.74) is 2.70. The highest BCUT2D eigenvalue weighted by atomic mass is 16.5. The number of ether oxygens (including phenoxy) is 1. The third-order valence-corrected chi connectivity index (χ3v) is 4.11. The molecule has 3 aromatic rings. The minimum absolute atomic E-state index is 0.0596. The second kappa shape index (κ2) is 8.97. The van der Waals surface area contributed by atoms with Crippen LogP contribution >= 0.6 is 0 Å². The molecule has 7 heteroatoms. The first kappa shape index (κ1) is 20.0. The number of benzene rings is 2. The molecule has 29 heavy (non-hydrogen) atoms. The molecule has 0 aliphatic carbocycles. The Morgan fingerprint density at radius 2 is 1.83 bits per heavy atom. The number of azo groups is 1. The van der Waals surface area contributed by atoms with Gasteiger partial charge in [0, 0.05) is 11.1 Å². The molecule has 3 rings (SSSR count). The maximum Gasteiger partial charge on any atom is 0.359 e. The van der Waals surface area contributed by atoms with E-state index in [0.29, 0.717) is 16.8 Å². The van der Waals surface area contributed by atoms with Crippen LogP contribution in [0.25, 0.3) is 17.0 Å². The van der Waals surface area contributed by atoms with Crippen molar-refractivity contribution >= 4 is 17.2 Å². The van der Waals surface area contributed by atoms with Crippen LogP contribution in [0.15, 0.2) is 74.9 Å². The Hall–Kier alpha value is -3.74. The fourth-order valence-electron chi connectivity index (χ4n) is 2.56. The minimum Gasteiger partial charge on any atom is -0.479 e.